The van der Waals surface area contributed by atoms with Crippen LogP contribution in [-0.2, 0) is 32.5 Å². The average molecular weight is 454 g/mol. The maximum atomic E-state index is 12.0. The molecule has 1 aliphatic heterocycles. The number of hydrogen-bond acceptors (Lipinski definition) is 5. The Labute approximate surface area is 196 Å². The van der Waals surface area contributed by atoms with Gasteiger partial charge in [-0.05, 0) is 51.7 Å². The van der Waals surface area contributed by atoms with E-state index in [1.54, 1.807) is 0 Å². The molecule has 2 aromatic carbocycles. The number of amides is 1. The molecule has 0 aromatic heterocycles. The summed E-state index contributed by atoms with van der Waals surface area (Å²) in [6, 6.07) is 12.3. The van der Waals surface area contributed by atoms with Crippen LogP contribution in [0.4, 0.5) is 4.79 Å². The first-order chi connectivity index (χ1) is 15.5. The van der Waals surface area contributed by atoms with Crippen LogP contribution < -0.4 is 10.1 Å². The fraction of sp³-hybridized carbons (Fsp3) is 0.481. The van der Waals surface area contributed by atoms with Crippen molar-refractivity contribution in [1.29, 1.82) is 0 Å². The number of aryl methyl sites for hydroxylation is 1. The zero-order valence-electron chi connectivity index (χ0n) is 20.5. The van der Waals surface area contributed by atoms with E-state index in [-0.39, 0.29) is 11.4 Å². The Morgan fingerprint density at radius 1 is 0.970 bits per heavy atom. The number of alkyl carbamates (subject to hydrolysis) is 1. The molecule has 0 radical (unpaired) electrons. The van der Waals surface area contributed by atoms with E-state index in [1.807, 2.05) is 52.0 Å². The molecule has 0 bridgehead atoms. The Bertz CT molecular complexity index is 1020. The Morgan fingerprint density at radius 3 is 2.09 bits per heavy atom. The molecule has 1 N–H and O–H groups in total. The topological polar surface area (TPSA) is 73.9 Å². The van der Waals surface area contributed by atoms with Crippen molar-refractivity contribution in [1.82, 2.24) is 5.32 Å². The second-order valence-corrected chi connectivity index (χ2v) is 9.80. The van der Waals surface area contributed by atoms with Crippen molar-refractivity contribution in [2.24, 2.45) is 0 Å². The van der Waals surface area contributed by atoms with Gasteiger partial charge in [0.05, 0.1) is 6.61 Å². The lowest BCUT2D eigenvalue weighted by Gasteiger charge is -2.36. The summed E-state index contributed by atoms with van der Waals surface area (Å²) in [7, 11) is 0. The maximum Gasteiger partial charge on any atom is 0.407 e. The van der Waals surface area contributed by atoms with Crippen LogP contribution in [0, 0.1) is 0 Å². The molecule has 1 amide bonds. The van der Waals surface area contributed by atoms with E-state index in [1.165, 1.54) is 0 Å². The van der Waals surface area contributed by atoms with Crippen LogP contribution in [0.3, 0.4) is 0 Å². The van der Waals surface area contributed by atoms with Crippen molar-refractivity contribution in [2.75, 3.05) is 13.2 Å². The molecule has 178 valence electrons. The number of fused-ring (bicyclic) bond motifs is 2. The van der Waals surface area contributed by atoms with Gasteiger partial charge in [-0.25, -0.2) is 4.79 Å². The molecule has 2 aromatic rings. The van der Waals surface area contributed by atoms with Crippen LogP contribution in [0.5, 0.6) is 11.5 Å². The number of nitrogens with one attached hydrogen (secondary N) is 1. The van der Waals surface area contributed by atoms with Gasteiger partial charge in [-0.15, -0.1) is 0 Å². The predicted octanol–water partition coefficient (Wildman–Crippen LogP) is 5.68. The van der Waals surface area contributed by atoms with Gasteiger partial charge < -0.3 is 19.5 Å². The number of carbonyl (C=O) groups excluding carboxylic acids is 2. The van der Waals surface area contributed by atoms with Gasteiger partial charge in [-0.3, -0.25) is 4.79 Å². The largest absolute Gasteiger partial charge is 0.466 e. The molecule has 0 saturated carbocycles. The van der Waals surface area contributed by atoms with Gasteiger partial charge in [-0.1, -0.05) is 50.2 Å². The number of rotatable bonds is 7. The van der Waals surface area contributed by atoms with Crippen LogP contribution in [0.1, 0.15) is 70.2 Å². The minimum absolute atomic E-state index is 0.209. The van der Waals surface area contributed by atoms with E-state index < -0.39 is 11.7 Å². The highest BCUT2D eigenvalue weighted by molar-refractivity contribution is 5.70. The highest BCUT2D eigenvalue weighted by atomic mass is 16.6. The molecule has 3 rings (SSSR count). The third kappa shape index (κ3) is 5.86. The SMILES string of the molecule is CCOC(=O)CCc1cccc2c1Oc1c(CCNC(=O)OC(C)(C)C)cccc1C2(C)C. The summed E-state index contributed by atoms with van der Waals surface area (Å²) >= 11 is 0. The van der Waals surface area contributed by atoms with E-state index in [0.717, 1.165) is 33.8 Å². The average Bonchev–Trinajstić information content (AvgIpc) is 2.72. The summed E-state index contributed by atoms with van der Waals surface area (Å²) in [5.74, 6) is 1.43. The molecule has 6 nitrogen and oxygen atoms in total. The molecule has 0 aliphatic carbocycles. The van der Waals surface area contributed by atoms with E-state index >= 15 is 0 Å². The first-order valence-corrected chi connectivity index (χ1v) is 11.6. The van der Waals surface area contributed by atoms with Gasteiger partial charge in [0.2, 0.25) is 0 Å². The summed E-state index contributed by atoms with van der Waals surface area (Å²) in [5.41, 5.74) is 3.40. The van der Waals surface area contributed by atoms with Crippen LogP contribution >= 0.6 is 0 Å². The van der Waals surface area contributed by atoms with Crippen molar-refractivity contribution in [3.05, 3.63) is 58.7 Å². The van der Waals surface area contributed by atoms with Crippen molar-refractivity contribution < 1.29 is 23.8 Å². The van der Waals surface area contributed by atoms with Crippen molar-refractivity contribution >= 4 is 12.1 Å². The Balaban J connectivity index is 1.82. The first kappa shape index (κ1) is 24.6. The number of para-hydroxylation sites is 2. The standard InChI is InChI=1S/C27H35NO5/c1-7-31-22(29)15-14-18-10-8-12-20-23(18)32-24-19(11-9-13-21(24)27(20,5)6)16-17-28-25(30)33-26(2,3)4/h8-13H,7,14-17H2,1-6H3,(H,28,30). The first-order valence-electron chi connectivity index (χ1n) is 11.6. The Kier molecular flexibility index (Phi) is 7.35. The lowest BCUT2D eigenvalue weighted by atomic mass is 9.74. The lowest BCUT2D eigenvalue weighted by molar-refractivity contribution is -0.143. The molecular weight excluding hydrogens is 418 g/mol. The van der Waals surface area contributed by atoms with Crippen LogP contribution in [-0.4, -0.2) is 30.8 Å². The monoisotopic (exact) mass is 453 g/mol. The number of ether oxygens (including phenoxy) is 3. The molecule has 0 spiro atoms. The number of benzene rings is 2. The molecule has 6 heteroatoms. The molecule has 1 aliphatic rings. The molecule has 0 fully saturated rings. The van der Waals surface area contributed by atoms with Gasteiger partial charge in [0.25, 0.3) is 0 Å². The van der Waals surface area contributed by atoms with E-state index in [4.69, 9.17) is 14.2 Å². The smallest absolute Gasteiger partial charge is 0.407 e. The molecule has 0 atom stereocenters. The minimum Gasteiger partial charge on any atom is -0.466 e. The summed E-state index contributed by atoms with van der Waals surface area (Å²) in [6.45, 7) is 12.5. The molecule has 0 unspecified atom stereocenters. The van der Waals surface area contributed by atoms with Crippen molar-refractivity contribution in [3.63, 3.8) is 0 Å². The molecule has 0 saturated heterocycles. The summed E-state index contributed by atoms with van der Waals surface area (Å²) in [4.78, 5) is 23.9. The summed E-state index contributed by atoms with van der Waals surface area (Å²) in [5, 5.41) is 2.82. The van der Waals surface area contributed by atoms with E-state index in [0.29, 0.717) is 32.4 Å². The number of carbonyl (C=O) groups is 2. The van der Waals surface area contributed by atoms with Crippen molar-refractivity contribution in [2.45, 2.75) is 71.8 Å². The van der Waals surface area contributed by atoms with Gasteiger partial charge >= 0.3 is 12.1 Å². The number of esters is 1. The van der Waals surface area contributed by atoms with E-state index in [2.05, 4.69) is 31.3 Å². The highest BCUT2D eigenvalue weighted by Crippen LogP contribution is 2.50. The summed E-state index contributed by atoms with van der Waals surface area (Å²) in [6.07, 6.45) is 1.04. The lowest BCUT2D eigenvalue weighted by Crippen LogP contribution is -2.33. The van der Waals surface area contributed by atoms with Crippen LogP contribution in [0.2, 0.25) is 0 Å². The molecule has 1 heterocycles. The molecular formula is C27H35NO5. The van der Waals surface area contributed by atoms with E-state index in [9.17, 15) is 9.59 Å². The van der Waals surface area contributed by atoms with Gasteiger partial charge in [0.15, 0.2) is 0 Å². The maximum absolute atomic E-state index is 12.0. The quantitative estimate of drug-likeness (QED) is 0.546. The van der Waals surface area contributed by atoms with Gasteiger partial charge in [0, 0.05) is 29.5 Å². The molecule has 33 heavy (non-hydrogen) atoms. The highest BCUT2D eigenvalue weighted by Gasteiger charge is 2.36. The second kappa shape index (κ2) is 9.86. The summed E-state index contributed by atoms with van der Waals surface area (Å²) < 4.78 is 16.9. The second-order valence-electron chi connectivity index (χ2n) is 9.80. The minimum atomic E-state index is -0.535. The van der Waals surface area contributed by atoms with Crippen molar-refractivity contribution in [3.8, 4) is 11.5 Å². The van der Waals surface area contributed by atoms with Gasteiger partial charge in [0.1, 0.15) is 17.1 Å². The number of hydrogen-bond donors (Lipinski definition) is 1. The fourth-order valence-corrected chi connectivity index (χ4v) is 4.12. The Hall–Kier alpha value is -3.02. The van der Waals surface area contributed by atoms with Crippen LogP contribution in [0.15, 0.2) is 36.4 Å². The zero-order chi connectivity index (χ0) is 24.2. The Morgan fingerprint density at radius 2 is 1.55 bits per heavy atom. The zero-order valence-corrected chi connectivity index (χ0v) is 20.5. The fourth-order valence-electron chi connectivity index (χ4n) is 4.12. The van der Waals surface area contributed by atoms with Gasteiger partial charge in [-0.2, -0.15) is 0 Å². The predicted molar refractivity (Wildman–Crippen MR) is 128 cm³/mol. The third-order valence-electron chi connectivity index (χ3n) is 5.71. The normalized spacial score (nSPS) is 13.9. The van der Waals surface area contributed by atoms with Crippen LogP contribution in [0.25, 0.3) is 0 Å². The third-order valence-corrected chi connectivity index (χ3v) is 5.71.